The van der Waals surface area contributed by atoms with Crippen LogP contribution in [-0.2, 0) is 11.3 Å². The third kappa shape index (κ3) is 3.82. The summed E-state index contributed by atoms with van der Waals surface area (Å²) in [4.78, 5) is 13.9. The Morgan fingerprint density at radius 3 is 2.62 bits per heavy atom. The lowest BCUT2D eigenvalue weighted by Gasteiger charge is -2.53. The highest BCUT2D eigenvalue weighted by Crippen LogP contribution is 2.46. The minimum atomic E-state index is -0.321. The highest BCUT2D eigenvalue weighted by atomic mass is 16.5. The fourth-order valence-electron chi connectivity index (χ4n) is 6.61. The van der Waals surface area contributed by atoms with Crippen LogP contribution in [0.15, 0.2) is 67.0 Å². The minimum absolute atomic E-state index is 0.121. The number of para-hydroxylation sites is 1. The molecule has 0 aliphatic carbocycles. The van der Waals surface area contributed by atoms with E-state index in [0.29, 0.717) is 5.92 Å². The molecule has 34 heavy (non-hydrogen) atoms. The summed E-state index contributed by atoms with van der Waals surface area (Å²) in [5, 5.41) is 3.54. The van der Waals surface area contributed by atoms with Gasteiger partial charge < -0.3 is 19.1 Å². The highest BCUT2D eigenvalue weighted by Gasteiger charge is 2.47. The van der Waals surface area contributed by atoms with E-state index < -0.39 is 0 Å². The molecule has 0 spiro atoms. The Kier molecular flexibility index (Phi) is 5.45. The molecule has 176 valence electrons. The van der Waals surface area contributed by atoms with Gasteiger partial charge in [-0.3, -0.25) is 4.79 Å². The number of aromatic nitrogens is 1. The minimum Gasteiger partial charge on any atom is -0.457 e. The quantitative estimate of drug-likeness (QED) is 0.539. The highest BCUT2D eigenvalue weighted by molar-refractivity contribution is 5.90. The van der Waals surface area contributed by atoms with E-state index in [0.717, 1.165) is 45.8 Å². The van der Waals surface area contributed by atoms with Gasteiger partial charge in [-0.1, -0.05) is 30.3 Å². The van der Waals surface area contributed by atoms with Crippen molar-refractivity contribution in [1.82, 2.24) is 9.88 Å². The third-order valence-corrected chi connectivity index (χ3v) is 8.43. The fraction of sp³-hybridized carbons (Fsp3) is 0.414. The van der Waals surface area contributed by atoms with E-state index in [9.17, 15) is 4.79 Å². The lowest BCUT2D eigenvalue weighted by atomic mass is 9.80. The number of hydrogen-bond donors (Lipinski definition) is 1. The van der Waals surface area contributed by atoms with Crippen molar-refractivity contribution in [2.24, 2.45) is 5.92 Å². The number of nitrogens with zero attached hydrogens (tertiary/aromatic N) is 2. The Morgan fingerprint density at radius 2 is 1.79 bits per heavy atom. The summed E-state index contributed by atoms with van der Waals surface area (Å²) in [6.07, 6.45) is 7.91. The number of carbonyl (C=O) groups is 1. The number of quaternary nitrogens is 1. The molecule has 5 nitrogen and oxygen atoms in total. The van der Waals surface area contributed by atoms with Crippen molar-refractivity contribution < 1.29 is 14.0 Å². The molecule has 5 heterocycles. The predicted molar refractivity (Wildman–Crippen MR) is 133 cm³/mol. The van der Waals surface area contributed by atoms with E-state index in [1.165, 1.54) is 38.9 Å². The summed E-state index contributed by atoms with van der Waals surface area (Å²) in [6.45, 7) is 7.92. The SMILES string of the molecule is Cc1cccc2c1C(C(=O)N[C@H]1C[N+]3(CCCn4cccc4)CCC1CC3)c1ccccc1O2. The molecular formula is C29H34N3O2+. The Balaban J connectivity index is 1.21. The maximum Gasteiger partial charge on any atom is 0.232 e. The van der Waals surface area contributed by atoms with Crippen LogP contribution >= 0.6 is 0 Å². The molecule has 3 fully saturated rings. The average molecular weight is 457 g/mol. The first kappa shape index (κ1) is 21.5. The molecule has 5 heteroatoms. The summed E-state index contributed by atoms with van der Waals surface area (Å²) in [5.41, 5.74) is 3.09. The van der Waals surface area contributed by atoms with Crippen LogP contribution in [0.25, 0.3) is 0 Å². The molecule has 2 atom stereocenters. The van der Waals surface area contributed by atoms with E-state index in [-0.39, 0.29) is 17.9 Å². The monoisotopic (exact) mass is 456 g/mol. The fourth-order valence-corrected chi connectivity index (χ4v) is 6.61. The summed E-state index contributed by atoms with van der Waals surface area (Å²) in [7, 11) is 0. The number of carbonyl (C=O) groups excluding carboxylic acids is 1. The van der Waals surface area contributed by atoms with Gasteiger partial charge in [-0.2, -0.15) is 0 Å². The Bertz CT molecular complexity index is 1180. The second-order valence-electron chi connectivity index (χ2n) is 10.5. The zero-order valence-corrected chi connectivity index (χ0v) is 20.0. The van der Waals surface area contributed by atoms with E-state index >= 15 is 0 Å². The average Bonchev–Trinajstić information content (AvgIpc) is 3.37. The smallest absolute Gasteiger partial charge is 0.232 e. The van der Waals surface area contributed by atoms with E-state index in [1.807, 2.05) is 36.4 Å². The first-order valence-corrected chi connectivity index (χ1v) is 12.7. The van der Waals surface area contributed by atoms with Gasteiger partial charge in [-0.15, -0.1) is 0 Å². The molecule has 2 bridgehead atoms. The molecule has 3 saturated heterocycles. The van der Waals surface area contributed by atoms with Gasteiger partial charge in [0.2, 0.25) is 5.91 Å². The van der Waals surface area contributed by atoms with Gasteiger partial charge in [-0.25, -0.2) is 0 Å². The van der Waals surface area contributed by atoms with Crippen LogP contribution in [0, 0.1) is 12.8 Å². The molecule has 4 aliphatic heterocycles. The number of rotatable bonds is 6. The molecule has 1 amide bonds. The van der Waals surface area contributed by atoms with Crippen molar-refractivity contribution in [3.05, 3.63) is 83.7 Å². The number of ether oxygens (including phenoxy) is 1. The number of benzene rings is 2. The molecule has 1 N–H and O–H groups in total. The summed E-state index contributed by atoms with van der Waals surface area (Å²) >= 11 is 0. The standard InChI is InChI=1S/C29H33N3O2/c1-21-8-6-11-26-27(21)28(23-9-2-3-10-25(23)34-26)29(33)30-24-20-32(18-12-22(24)13-19-32)17-7-16-31-14-4-5-15-31/h2-6,8-11,14-15,22,24,28H,7,12-13,16-20H2,1H3/p+1/t22?,24-,28?,32?/m0/s1. The van der Waals surface area contributed by atoms with Crippen molar-refractivity contribution in [1.29, 1.82) is 0 Å². The third-order valence-electron chi connectivity index (χ3n) is 8.43. The molecule has 2 aromatic carbocycles. The molecule has 7 rings (SSSR count). The van der Waals surface area contributed by atoms with Gasteiger partial charge in [0, 0.05) is 49.3 Å². The van der Waals surface area contributed by atoms with E-state index in [1.54, 1.807) is 0 Å². The second kappa shape index (κ2) is 8.62. The zero-order valence-electron chi connectivity index (χ0n) is 20.0. The van der Waals surface area contributed by atoms with Crippen molar-refractivity contribution in [2.45, 2.75) is 44.7 Å². The first-order valence-electron chi connectivity index (χ1n) is 12.7. The largest absolute Gasteiger partial charge is 0.457 e. The molecule has 4 aliphatic rings. The molecule has 1 unspecified atom stereocenters. The number of fused-ring (bicyclic) bond motifs is 5. The summed E-state index contributed by atoms with van der Waals surface area (Å²) < 4.78 is 9.61. The van der Waals surface area contributed by atoms with Crippen LogP contribution in [0.4, 0.5) is 0 Å². The molecule has 0 saturated carbocycles. The number of aryl methyl sites for hydroxylation is 2. The number of amides is 1. The predicted octanol–water partition coefficient (Wildman–Crippen LogP) is 4.85. The van der Waals surface area contributed by atoms with Crippen molar-refractivity contribution >= 4 is 5.91 Å². The van der Waals surface area contributed by atoms with Crippen LogP contribution in [0.1, 0.15) is 41.9 Å². The zero-order chi connectivity index (χ0) is 23.1. The van der Waals surface area contributed by atoms with E-state index in [4.69, 9.17) is 4.74 Å². The van der Waals surface area contributed by atoms with Crippen LogP contribution < -0.4 is 10.1 Å². The second-order valence-corrected chi connectivity index (χ2v) is 10.5. The number of hydrogen-bond acceptors (Lipinski definition) is 2. The maximum atomic E-state index is 13.9. The van der Waals surface area contributed by atoms with Gasteiger partial charge in [0.15, 0.2) is 0 Å². The first-order chi connectivity index (χ1) is 16.6. The van der Waals surface area contributed by atoms with E-state index in [2.05, 4.69) is 47.4 Å². The van der Waals surface area contributed by atoms with Crippen LogP contribution in [0.2, 0.25) is 0 Å². The van der Waals surface area contributed by atoms with Crippen LogP contribution in [0.5, 0.6) is 11.5 Å². The maximum absolute atomic E-state index is 13.9. The van der Waals surface area contributed by atoms with Crippen molar-refractivity contribution in [2.75, 3.05) is 26.2 Å². The summed E-state index contributed by atoms with van der Waals surface area (Å²) in [5.74, 6) is 2.00. The molecule has 0 radical (unpaired) electrons. The molecule has 1 aromatic heterocycles. The molecular weight excluding hydrogens is 422 g/mol. The Labute approximate surface area is 201 Å². The van der Waals surface area contributed by atoms with Crippen LogP contribution in [-0.4, -0.2) is 47.2 Å². The van der Waals surface area contributed by atoms with Crippen molar-refractivity contribution in [3.8, 4) is 11.5 Å². The van der Waals surface area contributed by atoms with Crippen LogP contribution in [0.3, 0.4) is 0 Å². The van der Waals surface area contributed by atoms with Gasteiger partial charge in [-0.05, 0) is 42.7 Å². The van der Waals surface area contributed by atoms with Gasteiger partial charge in [0.1, 0.15) is 11.5 Å². The van der Waals surface area contributed by atoms with Gasteiger partial charge in [0.05, 0.1) is 38.1 Å². The lowest BCUT2D eigenvalue weighted by molar-refractivity contribution is -0.944. The normalized spacial score (nSPS) is 26.9. The summed E-state index contributed by atoms with van der Waals surface area (Å²) in [6, 6.07) is 18.5. The molecule has 3 aromatic rings. The van der Waals surface area contributed by atoms with Crippen molar-refractivity contribution in [3.63, 3.8) is 0 Å². The van der Waals surface area contributed by atoms with Gasteiger partial charge >= 0.3 is 0 Å². The Hall–Kier alpha value is -3.05. The lowest BCUT2D eigenvalue weighted by Crippen LogP contribution is -2.67. The Morgan fingerprint density at radius 1 is 1.03 bits per heavy atom. The number of piperidine rings is 3. The number of nitrogens with one attached hydrogen (secondary N) is 1. The van der Waals surface area contributed by atoms with Gasteiger partial charge in [0.25, 0.3) is 0 Å². The topological polar surface area (TPSA) is 43.3 Å².